The van der Waals surface area contributed by atoms with Gasteiger partial charge in [0.15, 0.2) is 5.82 Å². The fourth-order valence-corrected chi connectivity index (χ4v) is 4.61. The van der Waals surface area contributed by atoms with E-state index in [2.05, 4.69) is 52.0 Å². The minimum absolute atomic E-state index is 0.524. The molecule has 2 aliphatic rings. The summed E-state index contributed by atoms with van der Waals surface area (Å²) in [7, 11) is 0. The summed E-state index contributed by atoms with van der Waals surface area (Å²) in [4.78, 5) is 9.84. The number of aromatic nitrogens is 3. The number of rotatable bonds is 4. The summed E-state index contributed by atoms with van der Waals surface area (Å²) in [5.74, 6) is 0.983. The molecule has 2 aromatic heterocycles. The van der Waals surface area contributed by atoms with Crippen molar-refractivity contribution in [3.8, 4) is 0 Å². The number of anilines is 1. The van der Waals surface area contributed by atoms with Crippen molar-refractivity contribution in [1.82, 2.24) is 24.4 Å². The van der Waals surface area contributed by atoms with E-state index in [9.17, 15) is 0 Å². The molecule has 4 rings (SSSR count). The molecule has 6 heteroatoms. The Bertz CT molecular complexity index is 723. The van der Waals surface area contributed by atoms with Gasteiger partial charge in [-0.3, -0.25) is 9.80 Å². The van der Waals surface area contributed by atoms with Crippen LogP contribution in [0.15, 0.2) is 18.6 Å². The number of nitrogens with one attached hydrogen (secondary N) is 1. The van der Waals surface area contributed by atoms with Gasteiger partial charge in [0.25, 0.3) is 0 Å². The number of fused-ring (bicyclic) bond motifs is 1. The lowest BCUT2D eigenvalue weighted by molar-refractivity contribution is 0.0631. The second-order valence-corrected chi connectivity index (χ2v) is 8.22. The summed E-state index contributed by atoms with van der Waals surface area (Å²) < 4.78 is 1.92. The van der Waals surface area contributed by atoms with Crippen LogP contribution in [0.3, 0.4) is 0 Å². The van der Waals surface area contributed by atoms with Crippen molar-refractivity contribution in [1.29, 1.82) is 0 Å². The second-order valence-electron chi connectivity index (χ2n) is 8.22. The Kier molecular flexibility index (Phi) is 5.14. The van der Waals surface area contributed by atoms with E-state index in [4.69, 9.17) is 0 Å². The molecule has 0 aromatic carbocycles. The van der Waals surface area contributed by atoms with Crippen molar-refractivity contribution in [2.45, 2.75) is 64.6 Å². The molecule has 2 aromatic rings. The van der Waals surface area contributed by atoms with Crippen LogP contribution in [0.2, 0.25) is 0 Å². The molecule has 0 unspecified atom stereocenters. The van der Waals surface area contributed by atoms with Crippen LogP contribution in [-0.2, 0) is 0 Å². The SMILES string of the molecule is Cc1ccn2ncnc(N[C@H]3CC[C@@H](N4CCN(C(C)C)CC4)CC3)c12. The van der Waals surface area contributed by atoms with Gasteiger partial charge in [0.1, 0.15) is 11.8 Å². The zero-order chi connectivity index (χ0) is 18.1. The predicted molar refractivity (Wildman–Crippen MR) is 106 cm³/mol. The second kappa shape index (κ2) is 7.53. The van der Waals surface area contributed by atoms with E-state index in [-0.39, 0.29) is 0 Å². The molecular formula is C20H32N6. The highest BCUT2D eigenvalue weighted by atomic mass is 15.3. The Morgan fingerprint density at radius 3 is 2.50 bits per heavy atom. The first-order valence-corrected chi connectivity index (χ1v) is 10.2. The number of hydrogen-bond donors (Lipinski definition) is 1. The molecule has 0 spiro atoms. The average molecular weight is 357 g/mol. The molecule has 0 radical (unpaired) electrons. The average Bonchev–Trinajstić information content (AvgIpc) is 3.05. The number of hydrogen-bond acceptors (Lipinski definition) is 5. The molecule has 1 aliphatic heterocycles. The molecular weight excluding hydrogens is 324 g/mol. The van der Waals surface area contributed by atoms with Crippen LogP contribution in [0, 0.1) is 6.92 Å². The highest BCUT2D eigenvalue weighted by Crippen LogP contribution is 2.28. The third-order valence-corrected chi connectivity index (χ3v) is 6.29. The molecule has 3 heterocycles. The molecule has 1 saturated heterocycles. The Hall–Kier alpha value is -1.66. The van der Waals surface area contributed by atoms with Gasteiger partial charge in [-0.2, -0.15) is 5.10 Å². The normalized spacial score (nSPS) is 25.8. The van der Waals surface area contributed by atoms with Gasteiger partial charge in [-0.05, 0) is 58.1 Å². The van der Waals surface area contributed by atoms with Crippen molar-refractivity contribution < 1.29 is 0 Å². The van der Waals surface area contributed by atoms with Crippen molar-refractivity contribution in [3.63, 3.8) is 0 Å². The van der Waals surface area contributed by atoms with Gasteiger partial charge < -0.3 is 5.32 Å². The highest BCUT2D eigenvalue weighted by Gasteiger charge is 2.29. The Labute approximate surface area is 156 Å². The van der Waals surface area contributed by atoms with Crippen LogP contribution < -0.4 is 5.32 Å². The smallest absolute Gasteiger partial charge is 0.154 e. The molecule has 1 saturated carbocycles. The highest BCUT2D eigenvalue weighted by molar-refractivity contribution is 5.71. The standard InChI is InChI=1S/C20H32N6/c1-15(2)24-10-12-25(13-11-24)18-6-4-17(5-7-18)23-20-19-16(3)8-9-26(19)22-14-21-20/h8-9,14-15,17-18H,4-7,10-13H2,1-3H3,(H,21,22,23)/t17-,18+. The van der Waals surface area contributed by atoms with E-state index in [0.29, 0.717) is 12.1 Å². The summed E-state index contributed by atoms with van der Waals surface area (Å²) in [5, 5.41) is 8.00. The maximum atomic E-state index is 4.51. The van der Waals surface area contributed by atoms with Gasteiger partial charge in [-0.25, -0.2) is 9.50 Å². The molecule has 2 fully saturated rings. The fraction of sp³-hybridized carbons (Fsp3) is 0.700. The van der Waals surface area contributed by atoms with Crippen LogP contribution in [-0.4, -0.2) is 68.7 Å². The summed E-state index contributed by atoms with van der Waals surface area (Å²) in [6, 6.07) is 4.07. The van der Waals surface area contributed by atoms with Gasteiger partial charge in [0, 0.05) is 50.5 Å². The minimum atomic E-state index is 0.524. The van der Waals surface area contributed by atoms with E-state index < -0.39 is 0 Å². The summed E-state index contributed by atoms with van der Waals surface area (Å²) in [6.45, 7) is 11.7. The monoisotopic (exact) mass is 356 g/mol. The lowest BCUT2D eigenvalue weighted by atomic mass is 9.89. The first-order valence-electron chi connectivity index (χ1n) is 10.2. The van der Waals surface area contributed by atoms with Crippen LogP contribution in [0.1, 0.15) is 45.1 Å². The molecule has 6 nitrogen and oxygen atoms in total. The van der Waals surface area contributed by atoms with Crippen LogP contribution in [0.25, 0.3) is 5.52 Å². The zero-order valence-corrected chi connectivity index (χ0v) is 16.4. The number of nitrogens with zero attached hydrogens (tertiary/aromatic N) is 5. The number of piperazine rings is 1. The van der Waals surface area contributed by atoms with E-state index >= 15 is 0 Å². The quantitative estimate of drug-likeness (QED) is 0.913. The number of aryl methyl sites for hydroxylation is 1. The van der Waals surface area contributed by atoms with Crippen LogP contribution in [0.5, 0.6) is 0 Å². The van der Waals surface area contributed by atoms with Crippen molar-refractivity contribution in [2.24, 2.45) is 0 Å². The minimum Gasteiger partial charge on any atom is -0.365 e. The van der Waals surface area contributed by atoms with E-state index in [0.717, 1.165) is 17.4 Å². The molecule has 1 aliphatic carbocycles. The summed E-state index contributed by atoms with van der Waals surface area (Å²) >= 11 is 0. The molecule has 26 heavy (non-hydrogen) atoms. The van der Waals surface area contributed by atoms with Crippen molar-refractivity contribution in [2.75, 3.05) is 31.5 Å². The lowest BCUT2D eigenvalue weighted by Gasteiger charge is -2.43. The van der Waals surface area contributed by atoms with Gasteiger partial charge in [-0.15, -0.1) is 0 Å². The summed E-state index contributed by atoms with van der Waals surface area (Å²) in [5.41, 5.74) is 2.34. The molecule has 0 atom stereocenters. The van der Waals surface area contributed by atoms with Gasteiger partial charge in [-0.1, -0.05) is 0 Å². The fourth-order valence-electron chi connectivity index (χ4n) is 4.61. The zero-order valence-electron chi connectivity index (χ0n) is 16.4. The summed E-state index contributed by atoms with van der Waals surface area (Å²) in [6.07, 6.45) is 8.69. The maximum absolute atomic E-state index is 4.51. The van der Waals surface area contributed by atoms with Crippen LogP contribution in [0.4, 0.5) is 5.82 Å². The Balaban J connectivity index is 1.32. The molecule has 0 bridgehead atoms. The van der Waals surface area contributed by atoms with E-state index in [1.165, 1.54) is 57.4 Å². The molecule has 1 N–H and O–H groups in total. The van der Waals surface area contributed by atoms with Crippen molar-refractivity contribution >= 4 is 11.3 Å². The predicted octanol–water partition coefficient (Wildman–Crippen LogP) is 2.79. The lowest BCUT2D eigenvalue weighted by Crippen LogP contribution is -2.53. The van der Waals surface area contributed by atoms with Crippen molar-refractivity contribution in [3.05, 3.63) is 24.2 Å². The Morgan fingerprint density at radius 2 is 1.81 bits per heavy atom. The van der Waals surface area contributed by atoms with E-state index in [1.54, 1.807) is 6.33 Å². The largest absolute Gasteiger partial charge is 0.365 e. The van der Waals surface area contributed by atoms with E-state index in [1.807, 2.05) is 10.7 Å². The molecule has 0 amide bonds. The Morgan fingerprint density at radius 1 is 1.08 bits per heavy atom. The van der Waals surface area contributed by atoms with Gasteiger partial charge in [0.2, 0.25) is 0 Å². The molecule has 142 valence electrons. The third-order valence-electron chi connectivity index (χ3n) is 6.29. The first-order chi connectivity index (χ1) is 12.6. The van der Waals surface area contributed by atoms with Gasteiger partial charge in [0.05, 0.1) is 0 Å². The van der Waals surface area contributed by atoms with Gasteiger partial charge >= 0.3 is 0 Å². The first kappa shape index (κ1) is 17.7. The topological polar surface area (TPSA) is 48.7 Å². The maximum Gasteiger partial charge on any atom is 0.154 e. The third kappa shape index (κ3) is 3.58. The van der Waals surface area contributed by atoms with Crippen LogP contribution >= 0.6 is 0 Å².